The summed E-state index contributed by atoms with van der Waals surface area (Å²) in [6.07, 6.45) is 0.920. The Bertz CT molecular complexity index is 522. The van der Waals surface area contributed by atoms with Gasteiger partial charge in [0.1, 0.15) is 0 Å². The van der Waals surface area contributed by atoms with E-state index in [0.717, 1.165) is 17.4 Å². The number of aryl methyl sites for hydroxylation is 1. The Hall–Kier alpha value is -1.26. The molecule has 0 aliphatic carbocycles. The van der Waals surface area contributed by atoms with Crippen LogP contribution in [-0.4, -0.2) is 0 Å². The van der Waals surface area contributed by atoms with Crippen molar-refractivity contribution < 1.29 is 8.78 Å². The number of hydrogen-bond acceptors (Lipinski definition) is 2. The third kappa shape index (κ3) is 2.37. The van der Waals surface area contributed by atoms with Gasteiger partial charge < -0.3 is 5.73 Å². The van der Waals surface area contributed by atoms with Crippen molar-refractivity contribution in [3.63, 3.8) is 0 Å². The van der Waals surface area contributed by atoms with Gasteiger partial charge in [-0.05, 0) is 24.6 Å². The van der Waals surface area contributed by atoms with Crippen LogP contribution in [0.1, 0.15) is 28.3 Å². The van der Waals surface area contributed by atoms with Gasteiger partial charge in [-0.15, -0.1) is 11.3 Å². The fourth-order valence-electron chi connectivity index (χ4n) is 1.67. The Morgan fingerprint density at radius 1 is 1.24 bits per heavy atom. The fraction of sp³-hybridized carbons (Fsp3) is 0.231. The standard InChI is InChI=1S/C13H13F2NS/c1-2-8-6-7-11(17-8)13(16)9-4-3-5-10(14)12(9)15/h3-7,13H,2,16H2,1H3. The van der Waals surface area contributed by atoms with Gasteiger partial charge in [0.25, 0.3) is 0 Å². The molecule has 1 aromatic carbocycles. The summed E-state index contributed by atoms with van der Waals surface area (Å²) in [7, 11) is 0. The second-order valence-corrected chi connectivity index (χ2v) is 4.98. The number of thiophene rings is 1. The van der Waals surface area contributed by atoms with Crippen LogP contribution in [0.25, 0.3) is 0 Å². The molecule has 0 radical (unpaired) electrons. The zero-order valence-electron chi connectivity index (χ0n) is 9.41. The molecular formula is C13H13F2NS. The summed E-state index contributed by atoms with van der Waals surface area (Å²) in [6, 6.07) is 7.33. The quantitative estimate of drug-likeness (QED) is 0.888. The second kappa shape index (κ2) is 4.94. The molecule has 1 unspecified atom stereocenters. The third-order valence-corrected chi connectivity index (χ3v) is 3.97. The summed E-state index contributed by atoms with van der Waals surface area (Å²) in [5.41, 5.74) is 6.16. The van der Waals surface area contributed by atoms with Crippen LogP contribution in [0.5, 0.6) is 0 Å². The Morgan fingerprint density at radius 3 is 2.65 bits per heavy atom. The van der Waals surface area contributed by atoms with Crippen molar-refractivity contribution in [1.82, 2.24) is 0 Å². The molecule has 90 valence electrons. The van der Waals surface area contributed by atoms with Crippen molar-refractivity contribution in [2.24, 2.45) is 5.73 Å². The highest BCUT2D eigenvalue weighted by atomic mass is 32.1. The van der Waals surface area contributed by atoms with Crippen LogP contribution >= 0.6 is 11.3 Å². The van der Waals surface area contributed by atoms with E-state index in [-0.39, 0.29) is 5.56 Å². The van der Waals surface area contributed by atoms with Crippen molar-refractivity contribution in [2.75, 3.05) is 0 Å². The molecule has 1 atom stereocenters. The SMILES string of the molecule is CCc1ccc(C(N)c2cccc(F)c2F)s1. The van der Waals surface area contributed by atoms with E-state index in [1.807, 2.05) is 19.1 Å². The minimum atomic E-state index is -0.856. The van der Waals surface area contributed by atoms with Gasteiger partial charge in [-0.1, -0.05) is 19.1 Å². The van der Waals surface area contributed by atoms with Gasteiger partial charge in [0.05, 0.1) is 6.04 Å². The van der Waals surface area contributed by atoms with Crippen molar-refractivity contribution in [2.45, 2.75) is 19.4 Å². The van der Waals surface area contributed by atoms with Gasteiger partial charge in [0.2, 0.25) is 0 Å². The van der Waals surface area contributed by atoms with E-state index < -0.39 is 17.7 Å². The lowest BCUT2D eigenvalue weighted by Crippen LogP contribution is -2.12. The average Bonchev–Trinajstić information content (AvgIpc) is 2.80. The highest BCUT2D eigenvalue weighted by Crippen LogP contribution is 2.29. The molecule has 1 heterocycles. The van der Waals surface area contributed by atoms with Gasteiger partial charge in [-0.3, -0.25) is 0 Å². The van der Waals surface area contributed by atoms with Crippen LogP contribution < -0.4 is 5.73 Å². The molecule has 2 rings (SSSR count). The molecule has 0 aliphatic rings. The van der Waals surface area contributed by atoms with E-state index in [2.05, 4.69) is 0 Å². The maximum Gasteiger partial charge on any atom is 0.163 e. The minimum Gasteiger partial charge on any atom is -0.320 e. The number of hydrogen-bond donors (Lipinski definition) is 1. The summed E-state index contributed by atoms with van der Waals surface area (Å²) < 4.78 is 26.7. The molecule has 0 fully saturated rings. The normalized spacial score (nSPS) is 12.7. The summed E-state index contributed by atoms with van der Waals surface area (Å²) in [6.45, 7) is 2.05. The van der Waals surface area contributed by atoms with Crippen LogP contribution in [-0.2, 0) is 6.42 Å². The summed E-state index contributed by atoms with van der Waals surface area (Å²) in [5, 5.41) is 0. The molecule has 0 bridgehead atoms. The zero-order valence-corrected chi connectivity index (χ0v) is 10.2. The second-order valence-electron chi connectivity index (χ2n) is 3.78. The van der Waals surface area contributed by atoms with E-state index in [4.69, 9.17) is 5.73 Å². The number of nitrogens with two attached hydrogens (primary N) is 1. The number of benzene rings is 1. The largest absolute Gasteiger partial charge is 0.320 e. The van der Waals surface area contributed by atoms with Crippen molar-refractivity contribution in [3.8, 4) is 0 Å². The lowest BCUT2D eigenvalue weighted by atomic mass is 10.1. The van der Waals surface area contributed by atoms with Gasteiger partial charge in [-0.25, -0.2) is 8.78 Å². The maximum absolute atomic E-state index is 13.6. The lowest BCUT2D eigenvalue weighted by molar-refractivity contribution is 0.495. The summed E-state index contributed by atoms with van der Waals surface area (Å²) >= 11 is 1.54. The molecule has 17 heavy (non-hydrogen) atoms. The molecule has 0 spiro atoms. The number of halogens is 2. The van der Waals surface area contributed by atoms with Crippen molar-refractivity contribution in [1.29, 1.82) is 0 Å². The molecule has 1 nitrogen and oxygen atoms in total. The van der Waals surface area contributed by atoms with Crippen LogP contribution in [0, 0.1) is 11.6 Å². The Morgan fingerprint density at radius 2 is 2.00 bits per heavy atom. The molecular weight excluding hydrogens is 240 g/mol. The van der Waals surface area contributed by atoms with Crippen LogP contribution in [0.3, 0.4) is 0 Å². The van der Waals surface area contributed by atoms with Crippen molar-refractivity contribution in [3.05, 3.63) is 57.3 Å². The lowest BCUT2D eigenvalue weighted by Gasteiger charge is -2.11. The molecule has 0 aliphatic heterocycles. The molecule has 0 saturated heterocycles. The Labute approximate surface area is 103 Å². The smallest absolute Gasteiger partial charge is 0.163 e. The predicted octanol–water partition coefficient (Wildman–Crippen LogP) is 3.64. The first-order valence-electron chi connectivity index (χ1n) is 5.41. The first-order chi connectivity index (χ1) is 8.13. The molecule has 4 heteroatoms. The molecule has 0 amide bonds. The average molecular weight is 253 g/mol. The van der Waals surface area contributed by atoms with E-state index in [1.54, 1.807) is 0 Å². The van der Waals surface area contributed by atoms with Gasteiger partial charge in [0, 0.05) is 15.3 Å². The third-order valence-electron chi connectivity index (χ3n) is 2.65. The van der Waals surface area contributed by atoms with E-state index in [1.165, 1.54) is 28.3 Å². The first-order valence-corrected chi connectivity index (χ1v) is 6.23. The van der Waals surface area contributed by atoms with Crippen LogP contribution in [0.4, 0.5) is 8.78 Å². The van der Waals surface area contributed by atoms with E-state index >= 15 is 0 Å². The Balaban J connectivity index is 2.36. The predicted molar refractivity (Wildman–Crippen MR) is 66.1 cm³/mol. The van der Waals surface area contributed by atoms with Crippen LogP contribution in [0.2, 0.25) is 0 Å². The molecule has 0 saturated carbocycles. The molecule has 1 aromatic heterocycles. The summed E-state index contributed by atoms with van der Waals surface area (Å²) in [5.74, 6) is -1.71. The monoisotopic (exact) mass is 253 g/mol. The van der Waals surface area contributed by atoms with Gasteiger partial charge >= 0.3 is 0 Å². The summed E-state index contributed by atoms with van der Waals surface area (Å²) in [4.78, 5) is 2.04. The minimum absolute atomic E-state index is 0.203. The van der Waals surface area contributed by atoms with Gasteiger partial charge in [-0.2, -0.15) is 0 Å². The van der Waals surface area contributed by atoms with E-state index in [9.17, 15) is 8.78 Å². The van der Waals surface area contributed by atoms with Crippen LogP contribution in [0.15, 0.2) is 30.3 Å². The topological polar surface area (TPSA) is 26.0 Å². The van der Waals surface area contributed by atoms with E-state index in [0.29, 0.717) is 0 Å². The van der Waals surface area contributed by atoms with Crippen molar-refractivity contribution >= 4 is 11.3 Å². The number of rotatable bonds is 3. The Kier molecular flexibility index (Phi) is 3.54. The highest BCUT2D eigenvalue weighted by molar-refractivity contribution is 7.12. The van der Waals surface area contributed by atoms with Gasteiger partial charge in [0.15, 0.2) is 11.6 Å². The maximum atomic E-state index is 13.6. The fourth-order valence-corrected chi connectivity index (χ4v) is 2.64. The zero-order chi connectivity index (χ0) is 12.4. The molecule has 2 N–H and O–H groups in total. The highest BCUT2D eigenvalue weighted by Gasteiger charge is 2.17. The molecule has 2 aromatic rings. The first kappa shape index (κ1) is 12.2.